The SMILES string of the molecule is CCCCOCCN1CCCC(C#N)C1. The lowest BCUT2D eigenvalue weighted by Crippen LogP contribution is -2.37. The summed E-state index contributed by atoms with van der Waals surface area (Å²) < 4.78 is 5.52. The molecule has 1 aliphatic rings. The predicted molar refractivity (Wildman–Crippen MR) is 60.5 cm³/mol. The molecule has 3 heteroatoms. The molecular formula is C12H22N2O. The Balaban J connectivity index is 2.03. The molecule has 0 aromatic rings. The molecule has 0 aromatic carbocycles. The lowest BCUT2D eigenvalue weighted by atomic mass is 10.00. The normalized spacial score (nSPS) is 22.5. The van der Waals surface area contributed by atoms with Crippen molar-refractivity contribution in [2.45, 2.75) is 32.6 Å². The van der Waals surface area contributed by atoms with E-state index in [0.29, 0.717) is 0 Å². The van der Waals surface area contributed by atoms with Crippen LogP contribution in [0.2, 0.25) is 0 Å². The lowest BCUT2D eigenvalue weighted by molar-refractivity contribution is 0.0890. The van der Waals surface area contributed by atoms with Crippen LogP contribution in [0, 0.1) is 17.2 Å². The molecule has 1 aliphatic heterocycles. The molecule has 1 saturated heterocycles. The second kappa shape index (κ2) is 7.67. The molecule has 0 bridgehead atoms. The van der Waals surface area contributed by atoms with Crippen molar-refractivity contribution in [1.29, 1.82) is 5.26 Å². The van der Waals surface area contributed by atoms with E-state index < -0.39 is 0 Å². The number of ether oxygens (including phenoxy) is 1. The van der Waals surface area contributed by atoms with E-state index in [1.54, 1.807) is 0 Å². The van der Waals surface area contributed by atoms with Gasteiger partial charge in [0.25, 0.3) is 0 Å². The fourth-order valence-electron chi connectivity index (χ4n) is 1.91. The number of likely N-dealkylation sites (tertiary alicyclic amines) is 1. The van der Waals surface area contributed by atoms with Crippen molar-refractivity contribution < 1.29 is 4.74 Å². The molecule has 3 nitrogen and oxygen atoms in total. The number of rotatable bonds is 6. The molecule has 1 rings (SSSR count). The van der Waals surface area contributed by atoms with Crippen LogP contribution in [0.25, 0.3) is 0 Å². The van der Waals surface area contributed by atoms with Crippen LogP contribution >= 0.6 is 0 Å². The minimum atomic E-state index is 0.245. The molecule has 1 heterocycles. The van der Waals surface area contributed by atoms with Crippen LogP contribution in [-0.2, 0) is 4.74 Å². The summed E-state index contributed by atoms with van der Waals surface area (Å²) in [5, 5.41) is 8.84. The Bertz CT molecular complexity index is 200. The van der Waals surface area contributed by atoms with Gasteiger partial charge in [-0.15, -0.1) is 0 Å². The number of piperidine rings is 1. The summed E-state index contributed by atoms with van der Waals surface area (Å²) in [5.74, 6) is 0.245. The van der Waals surface area contributed by atoms with Crippen molar-refractivity contribution in [3.05, 3.63) is 0 Å². The van der Waals surface area contributed by atoms with Gasteiger partial charge in [0.1, 0.15) is 0 Å². The molecule has 86 valence electrons. The second-order valence-electron chi connectivity index (χ2n) is 4.23. The maximum atomic E-state index is 8.84. The highest BCUT2D eigenvalue weighted by molar-refractivity contribution is 4.88. The highest BCUT2D eigenvalue weighted by Crippen LogP contribution is 2.14. The Labute approximate surface area is 93.0 Å². The molecule has 0 aliphatic carbocycles. The first-order valence-corrected chi connectivity index (χ1v) is 6.06. The number of hydrogen-bond donors (Lipinski definition) is 0. The Morgan fingerprint density at radius 2 is 2.33 bits per heavy atom. The van der Waals surface area contributed by atoms with E-state index in [0.717, 1.165) is 52.1 Å². The monoisotopic (exact) mass is 210 g/mol. The zero-order valence-corrected chi connectivity index (χ0v) is 9.74. The molecule has 0 amide bonds. The van der Waals surface area contributed by atoms with Gasteiger partial charge < -0.3 is 4.74 Å². The third kappa shape index (κ3) is 5.15. The van der Waals surface area contributed by atoms with Gasteiger partial charge >= 0.3 is 0 Å². The van der Waals surface area contributed by atoms with E-state index in [9.17, 15) is 0 Å². The van der Waals surface area contributed by atoms with Gasteiger partial charge in [-0.2, -0.15) is 5.26 Å². The Hall–Kier alpha value is -0.590. The van der Waals surface area contributed by atoms with Crippen molar-refractivity contribution in [3.8, 4) is 6.07 Å². The van der Waals surface area contributed by atoms with E-state index >= 15 is 0 Å². The predicted octanol–water partition coefficient (Wildman–Crippen LogP) is 2.04. The number of nitrogens with zero attached hydrogens (tertiary/aromatic N) is 2. The van der Waals surface area contributed by atoms with Crippen LogP contribution in [0.4, 0.5) is 0 Å². The molecular weight excluding hydrogens is 188 g/mol. The third-order valence-electron chi connectivity index (χ3n) is 2.88. The molecule has 1 unspecified atom stereocenters. The number of hydrogen-bond acceptors (Lipinski definition) is 3. The maximum Gasteiger partial charge on any atom is 0.0669 e. The molecule has 0 saturated carbocycles. The summed E-state index contributed by atoms with van der Waals surface area (Å²) in [7, 11) is 0. The fraction of sp³-hybridized carbons (Fsp3) is 0.917. The first kappa shape index (κ1) is 12.5. The summed E-state index contributed by atoms with van der Waals surface area (Å²) in [6, 6.07) is 2.36. The molecule has 1 atom stereocenters. The van der Waals surface area contributed by atoms with Gasteiger partial charge in [-0.05, 0) is 25.8 Å². The summed E-state index contributed by atoms with van der Waals surface area (Å²) in [5.41, 5.74) is 0. The van der Waals surface area contributed by atoms with Crippen molar-refractivity contribution in [1.82, 2.24) is 4.90 Å². The summed E-state index contributed by atoms with van der Waals surface area (Å²) in [6.45, 7) is 6.93. The van der Waals surface area contributed by atoms with Crippen molar-refractivity contribution >= 4 is 0 Å². The average Bonchev–Trinajstić information content (AvgIpc) is 2.29. The van der Waals surface area contributed by atoms with E-state index in [1.165, 1.54) is 6.42 Å². The van der Waals surface area contributed by atoms with E-state index in [1.807, 2.05) is 0 Å². The lowest BCUT2D eigenvalue weighted by Gasteiger charge is -2.29. The van der Waals surface area contributed by atoms with Crippen molar-refractivity contribution in [2.24, 2.45) is 5.92 Å². The van der Waals surface area contributed by atoms with Gasteiger partial charge in [-0.1, -0.05) is 13.3 Å². The van der Waals surface area contributed by atoms with Crippen LogP contribution in [0.15, 0.2) is 0 Å². The average molecular weight is 210 g/mol. The van der Waals surface area contributed by atoms with E-state index in [-0.39, 0.29) is 5.92 Å². The Morgan fingerprint density at radius 1 is 1.47 bits per heavy atom. The minimum absolute atomic E-state index is 0.245. The zero-order valence-electron chi connectivity index (χ0n) is 9.74. The van der Waals surface area contributed by atoms with Crippen LogP contribution in [0.3, 0.4) is 0 Å². The zero-order chi connectivity index (χ0) is 10.9. The maximum absolute atomic E-state index is 8.84. The summed E-state index contributed by atoms with van der Waals surface area (Å²) in [4.78, 5) is 2.35. The number of unbranched alkanes of at least 4 members (excludes halogenated alkanes) is 1. The fourth-order valence-corrected chi connectivity index (χ4v) is 1.91. The van der Waals surface area contributed by atoms with Crippen LogP contribution in [-0.4, -0.2) is 37.7 Å². The quantitative estimate of drug-likeness (QED) is 0.629. The Kier molecular flexibility index (Phi) is 6.38. The van der Waals surface area contributed by atoms with Crippen LogP contribution in [0.5, 0.6) is 0 Å². The van der Waals surface area contributed by atoms with Crippen molar-refractivity contribution in [2.75, 3.05) is 32.8 Å². The number of nitriles is 1. The van der Waals surface area contributed by atoms with Crippen LogP contribution < -0.4 is 0 Å². The summed E-state index contributed by atoms with van der Waals surface area (Å²) in [6.07, 6.45) is 4.58. The van der Waals surface area contributed by atoms with E-state index in [4.69, 9.17) is 10.00 Å². The molecule has 0 aromatic heterocycles. The smallest absolute Gasteiger partial charge is 0.0669 e. The van der Waals surface area contributed by atoms with Crippen LogP contribution in [0.1, 0.15) is 32.6 Å². The second-order valence-corrected chi connectivity index (χ2v) is 4.23. The minimum Gasteiger partial charge on any atom is -0.380 e. The molecule has 1 fully saturated rings. The first-order chi connectivity index (χ1) is 7.36. The van der Waals surface area contributed by atoms with Crippen molar-refractivity contribution in [3.63, 3.8) is 0 Å². The van der Waals surface area contributed by atoms with Gasteiger partial charge in [0.05, 0.1) is 18.6 Å². The molecule has 0 N–H and O–H groups in total. The standard InChI is InChI=1S/C12H22N2O/c1-2-3-8-15-9-7-14-6-4-5-12(10-13)11-14/h12H,2-9,11H2,1H3. The summed E-state index contributed by atoms with van der Waals surface area (Å²) >= 11 is 0. The largest absolute Gasteiger partial charge is 0.380 e. The molecule has 15 heavy (non-hydrogen) atoms. The third-order valence-corrected chi connectivity index (χ3v) is 2.88. The van der Waals surface area contributed by atoms with Gasteiger partial charge in [0.15, 0.2) is 0 Å². The van der Waals surface area contributed by atoms with Gasteiger partial charge in [-0.25, -0.2) is 0 Å². The van der Waals surface area contributed by atoms with Gasteiger partial charge in [0.2, 0.25) is 0 Å². The van der Waals surface area contributed by atoms with E-state index in [2.05, 4.69) is 17.9 Å². The highest BCUT2D eigenvalue weighted by Gasteiger charge is 2.18. The highest BCUT2D eigenvalue weighted by atomic mass is 16.5. The van der Waals surface area contributed by atoms with Gasteiger partial charge in [-0.3, -0.25) is 4.90 Å². The molecule has 0 radical (unpaired) electrons. The topological polar surface area (TPSA) is 36.3 Å². The molecule has 0 spiro atoms. The van der Waals surface area contributed by atoms with Gasteiger partial charge in [0, 0.05) is 19.7 Å². The Morgan fingerprint density at radius 3 is 3.07 bits per heavy atom. The first-order valence-electron chi connectivity index (χ1n) is 6.06.